The maximum Gasteiger partial charge on any atom is 0.252 e. The highest BCUT2D eigenvalue weighted by Gasteiger charge is 2.29. The largest absolute Gasteiger partial charge is 0.351 e. The molecule has 0 unspecified atom stereocenters. The standard InChI is InChI=1S/C14H20ClN3O/c1-14(5-7-18(2)8-6-14)10-17-13(19)11-3-4-12(15)16-9-11/h3-4,9H,5-8,10H2,1-2H3,(H,17,19). The molecule has 0 radical (unpaired) electrons. The minimum absolute atomic E-state index is 0.0793. The van der Waals surface area contributed by atoms with Crippen LogP contribution in [0.4, 0.5) is 0 Å². The normalized spacial score (nSPS) is 19.1. The molecule has 19 heavy (non-hydrogen) atoms. The van der Waals surface area contributed by atoms with Crippen LogP contribution in [0.3, 0.4) is 0 Å². The zero-order chi connectivity index (χ0) is 13.9. The number of piperidine rings is 1. The second-order valence-electron chi connectivity index (χ2n) is 5.67. The summed E-state index contributed by atoms with van der Waals surface area (Å²) in [6, 6.07) is 3.33. The molecule has 1 N–H and O–H groups in total. The van der Waals surface area contributed by atoms with Crippen LogP contribution < -0.4 is 5.32 Å². The average molecular weight is 282 g/mol. The van der Waals surface area contributed by atoms with Crippen LogP contribution in [0.15, 0.2) is 18.3 Å². The van der Waals surface area contributed by atoms with Gasteiger partial charge in [0.15, 0.2) is 0 Å². The van der Waals surface area contributed by atoms with E-state index in [-0.39, 0.29) is 11.3 Å². The Morgan fingerprint density at radius 1 is 1.47 bits per heavy atom. The first-order valence-corrected chi connectivity index (χ1v) is 6.95. The lowest BCUT2D eigenvalue weighted by Gasteiger charge is -2.37. The highest BCUT2D eigenvalue weighted by molar-refractivity contribution is 6.29. The highest BCUT2D eigenvalue weighted by Crippen LogP contribution is 2.29. The Labute approximate surface area is 119 Å². The number of nitrogens with one attached hydrogen (secondary N) is 1. The summed E-state index contributed by atoms with van der Waals surface area (Å²) in [6.45, 7) is 5.13. The van der Waals surface area contributed by atoms with E-state index in [0.717, 1.165) is 25.9 Å². The van der Waals surface area contributed by atoms with Crippen LogP contribution >= 0.6 is 11.6 Å². The quantitative estimate of drug-likeness (QED) is 0.864. The minimum Gasteiger partial charge on any atom is -0.351 e. The van der Waals surface area contributed by atoms with Crippen LogP contribution in [0.2, 0.25) is 5.15 Å². The Morgan fingerprint density at radius 3 is 2.74 bits per heavy atom. The molecule has 0 bridgehead atoms. The lowest BCUT2D eigenvalue weighted by atomic mass is 9.80. The Kier molecular flexibility index (Phi) is 4.42. The van der Waals surface area contributed by atoms with Crippen LogP contribution in [0.5, 0.6) is 0 Å². The molecule has 104 valence electrons. The minimum atomic E-state index is -0.0793. The number of carbonyl (C=O) groups is 1. The number of amides is 1. The number of carbonyl (C=O) groups excluding carboxylic acids is 1. The van der Waals surface area contributed by atoms with E-state index < -0.39 is 0 Å². The Hall–Kier alpha value is -1.13. The predicted molar refractivity (Wildman–Crippen MR) is 76.4 cm³/mol. The molecule has 2 heterocycles. The Morgan fingerprint density at radius 2 is 2.16 bits per heavy atom. The van der Waals surface area contributed by atoms with Gasteiger partial charge in [0.05, 0.1) is 5.56 Å². The fourth-order valence-electron chi connectivity index (χ4n) is 2.24. The van der Waals surface area contributed by atoms with Gasteiger partial charge in [-0.3, -0.25) is 4.79 Å². The Balaban J connectivity index is 1.88. The zero-order valence-corrected chi connectivity index (χ0v) is 12.2. The molecular weight excluding hydrogens is 262 g/mol. The Bertz CT molecular complexity index is 439. The van der Waals surface area contributed by atoms with E-state index in [4.69, 9.17) is 11.6 Å². The van der Waals surface area contributed by atoms with Gasteiger partial charge < -0.3 is 10.2 Å². The smallest absolute Gasteiger partial charge is 0.252 e. The first-order valence-electron chi connectivity index (χ1n) is 6.57. The van der Waals surface area contributed by atoms with Crippen LogP contribution in [-0.2, 0) is 0 Å². The predicted octanol–water partition coefficient (Wildman–Crippen LogP) is 2.20. The first kappa shape index (κ1) is 14.3. The number of nitrogens with zero attached hydrogens (tertiary/aromatic N) is 2. The summed E-state index contributed by atoms with van der Waals surface area (Å²) < 4.78 is 0. The maximum atomic E-state index is 12.0. The van der Waals surface area contributed by atoms with Gasteiger partial charge in [-0.15, -0.1) is 0 Å². The molecule has 1 aliphatic rings. The van der Waals surface area contributed by atoms with E-state index in [1.54, 1.807) is 12.1 Å². The lowest BCUT2D eigenvalue weighted by molar-refractivity contribution is 0.0891. The molecule has 5 heteroatoms. The molecule has 0 atom stereocenters. The van der Waals surface area contributed by atoms with Crippen molar-refractivity contribution in [3.63, 3.8) is 0 Å². The summed E-state index contributed by atoms with van der Waals surface area (Å²) in [4.78, 5) is 18.2. The molecule has 0 saturated carbocycles. The van der Waals surface area contributed by atoms with Crippen LogP contribution in [0, 0.1) is 5.41 Å². The fraction of sp³-hybridized carbons (Fsp3) is 0.571. The summed E-state index contributed by atoms with van der Waals surface area (Å²) in [5, 5.41) is 3.40. The maximum absolute atomic E-state index is 12.0. The van der Waals surface area contributed by atoms with E-state index in [0.29, 0.717) is 17.3 Å². The number of hydrogen-bond donors (Lipinski definition) is 1. The van der Waals surface area contributed by atoms with E-state index in [1.165, 1.54) is 6.20 Å². The molecule has 1 aromatic rings. The van der Waals surface area contributed by atoms with Crippen molar-refractivity contribution in [2.24, 2.45) is 5.41 Å². The molecule has 0 aromatic carbocycles. The number of halogens is 1. The van der Waals surface area contributed by atoms with Gasteiger partial charge in [-0.25, -0.2) is 4.98 Å². The van der Waals surface area contributed by atoms with Gasteiger partial charge in [0, 0.05) is 12.7 Å². The van der Waals surface area contributed by atoms with Crippen LogP contribution in [-0.4, -0.2) is 42.5 Å². The average Bonchev–Trinajstić information content (AvgIpc) is 2.41. The molecule has 0 spiro atoms. The van der Waals surface area contributed by atoms with E-state index >= 15 is 0 Å². The van der Waals surface area contributed by atoms with Gasteiger partial charge in [-0.2, -0.15) is 0 Å². The fourth-order valence-corrected chi connectivity index (χ4v) is 2.35. The van der Waals surface area contributed by atoms with Crippen molar-refractivity contribution in [2.45, 2.75) is 19.8 Å². The molecule has 1 fully saturated rings. The third kappa shape index (κ3) is 3.91. The van der Waals surface area contributed by atoms with Crippen molar-refractivity contribution in [1.29, 1.82) is 0 Å². The molecule has 1 amide bonds. The second-order valence-corrected chi connectivity index (χ2v) is 6.05. The first-order chi connectivity index (χ1) is 8.98. The zero-order valence-electron chi connectivity index (χ0n) is 11.4. The number of aromatic nitrogens is 1. The summed E-state index contributed by atoms with van der Waals surface area (Å²) in [7, 11) is 2.14. The van der Waals surface area contributed by atoms with Gasteiger partial charge in [0.25, 0.3) is 5.91 Å². The van der Waals surface area contributed by atoms with Crippen molar-refractivity contribution in [3.8, 4) is 0 Å². The number of hydrogen-bond acceptors (Lipinski definition) is 3. The summed E-state index contributed by atoms with van der Waals surface area (Å²) in [5.41, 5.74) is 0.753. The third-order valence-corrected chi connectivity index (χ3v) is 4.08. The van der Waals surface area contributed by atoms with E-state index in [1.807, 2.05) is 0 Å². The molecular formula is C14H20ClN3O. The van der Waals surface area contributed by atoms with Crippen LogP contribution in [0.1, 0.15) is 30.1 Å². The summed E-state index contributed by atoms with van der Waals surface area (Å²) in [6.07, 6.45) is 3.74. The van der Waals surface area contributed by atoms with Crippen LogP contribution in [0.25, 0.3) is 0 Å². The van der Waals surface area contributed by atoms with Gasteiger partial charge in [-0.1, -0.05) is 18.5 Å². The van der Waals surface area contributed by atoms with Crippen molar-refractivity contribution >= 4 is 17.5 Å². The SMILES string of the molecule is CN1CCC(C)(CNC(=O)c2ccc(Cl)nc2)CC1. The van der Waals surface area contributed by atoms with Crippen molar-refractivity contribution in [3.05, 3.63) is 29.0 Å². The van der Waals surface area contributed by atoms with Crippen molar-refractivity contribution in [2.75, 3.05) is 26.7 Å². The van der Waals surface area contributed by atoms with Gasteiger partial charge in [-0.05, 0) is 50.5 Å². The number of pyridine rings is 1. The van der Waals surface area contributed by atoms with Gasteiger partial charge >= 0.3 is 0 Å². The topological polar surface area (TPSA) is 45.2 Å². The molecule has 4 nitrogen and oxygen atoms in total. The summed E-state index contributed by atoms with van der Waals surface area (Å²) in [5.74, 6) is -0.0793. The monoisotopic (exact) mass is 281 g/mol. The molecule has 2 rings (SSSR count). The lowest BCUT2D eigenvalue weighted by Crippen LogP contribution is -2.43. The van der Waals surface area contributed by atoms with E-state index in [9.17, 15) is 4.79 Å². The van der Waals surface area contributed by atoms with Gasteiger partial charge in [0.2, 0.25) is 0 Å². The van der Waals surface area contributed by atoms with Gasteiger partial charge in [0.1, 0.15) is 5.15 Å². The second kappa shape index (κ2) is 5.88. The third-order valence-electron chi connectivity index (χ3n) is 3.86. The highest BCUT2D eigenvalue weighted by atomic mass is 35.5. The van der Waals surface area contributed by atoms with Crippen molar-refractivity contribution in [1.82, 2.24) is 15.2 Å². The number of rotatable bonds is 3. The van der Waals surface area contributed by atoms with E-state index in [2.05, 4.69) is 29.2 Å². The number of likely N-dealkylation sites (tertiary alicyclic amines) is 1. The molecule has 1 saturated heterocycles. The summed E-state index contributed by atoms with van der Waals surface area (Å²) >= 11 is 5.70. The molecule has 1 aliphatic heterocycles. The molecule has 0 aliphatic carbocycles. The molecule has 1 aromatic heterocycles. The van der Waals surface area contributed by atoms with Crippen molar-refractivity contribution < 1.29 is 4.79 Å².